The van der Waals surface area contributed by atoms with Crippen molar-refractivity contribution in [1.82, 2.24) is 16.0 Å². The normalized spacial score (nSPS) is 12.5. The number of ketones is 3. The minimum atomic E-state index is -1.12. The zero-order valence-electron chi connectivity index (χ0n) is 58.6. The van der Waals surface area contributed by atoms with Crippen molar-refractivity contribution in [2.75, 3.05) is 17.2 Å². The average Bonchev–Trinajstić information content (AvgIpc) is 0.766. The first-order valence-electron chi connectivity index (χ1n) is 35.5. The quantitative estimate of drug-likeness (QED) is 0.0115. The molecular weight excluding hydrogens is 1320 g/mol. The number of amides is 3. The predicted octanol–water partition coefficient (Wildman–Crippen LogP) is 13.8. The lowest BCUT2D eigenvalue weighted by molar-refractivity contribution is -0.123. The first-order valence-corrected chi connectivity index (χ1v) is 35.5. The molecule has 15 N–H and O–H groups in total. The standard InChI is InChI=1S/C91H85N9O6/c92-76(52-55-82(101)98-89(64-28-10-1-11-29-64,65-30-12-2-13-31-65)66-32-14-3-15-33-66)86(104)61-46-49-73(79(95)58-61)85(74-50-47-62(59-80(74)96)87(105)77(93)53-56-83(102)99-90(67-34-16-4-17-35-67,68-36-18-5-19-37-68)69-38-20-6-21-39-69)75-51-48-63(60-81(75)97)88(106)78(94)54-57-84(103)100-91(70-40-22-7-23-41-70,71-42-24-8-25-43-71)72-44-26-9-27-45-72/h1-51,58-60,76-78,85H,52-57,92-97H2,(H,98,101)(H,99,102)(H,100,103)/t76-,77-,78-/m0/s1. The van der Waals surface area contributed by atoms with E-state index in [2.05, 4.69) is 16.0 Å². The van der Waals surface area contributed by atoms with Gasteiger partial charge in [0.05, 0.1) is 18.1 Å². The Kier molecular flexibility index (Phi) is 22.9. The van der Waals surface area contributed by atoms with E-state index in [1.807, 2.05) is 273 Å². The molecule has 0 heterocycles. The van der Waals surface area contributed by atoms with E-state index in [1.54, 1.807) is 36.4 Å². The Morgan fingerprint density at radius 3 is 0.585 bits per heavy atom. The van der Waals surface area contributed by atoms with E-state index in [0.29, 0.717) is 16.7 Å². The van der Waals surface area contributed by atoms with E-state index in [-0.39, 0.29) is 90.0 Å². The van der Waals surface area contributed by atoms with E-state index >= 15 is 0 Å². The Morgan fingerprint density at radius 2 is 0.425 bits per heavy atom. The van der Waals surface area contributed by atoms with Crippen molar-refractivity contribution in [2.45, 2.75) is 79.2 Å². The van der Waals surface area contributed by atoms with Crippen LogP contribution >= 0.6 is 0 Å². The molecule has 12 aromatic carbocycles. The van der Waals surface area contributed by atoms with Gasteiger partial charge < -0.3 is 50.4 Å². The monoisotopic (exact) mass is 1400 g/mol. The summed E-state index contributed by atoms with van der Waals surface area (Å²) in [4.78, 5) is 86.5. The highest BCUT2D eigenvalue weighted by Gasteiger charge is 2.41. The Bertz CT molecular complexity index is 4230. The number of benzene rings is 12. The summed E-state index contributed by atoms with van der Waals surface area (Å²) in [6, 6.07) is 98.5. The number of hydrogen-bond donors (Lipinski definition) is 9. The largest absolute Gasteiger partial charge is 0.398 e. The molecule has 0 fully saturated rings. The minimum absolute atomic E-state index is 0.00470. The lowest BCUT2D eigenvalue weighted by Gasteiger charge is -2.37. The summed E-state index contributed by atoms with van der Waals surface area (Å²) in [5.74, 6) is -3.25. The second-order valence-electron chi connectivity index (χ2n) is 26.7. The van der Waals surface area contributed by atoms with Crippen LogP contribution in [0.2, 0.25) is 0 Å². The fraction of sp³-hybridized carbons (Fsp3) is 0.143. The van der Waals surface area contributed by atoms with Crippen LogP contribution in [0, 0.1) is 0 Å². The summed E-state index contributed by atoms with van der Waals surface area (Å²) in [5.41, 5.74) is 48.1. The maximum atomic E-state index is 14.5. The SMILES string of the molecule is Nc1cc(C(=O)[C@@H](N)CCC(=O)NC(c2ccccc2)(c2ccccc2)c2ccccc2)ccc1C(c1ccc(C(=O)[C@@H](N)CCC(=O)NC(c2ccccc2)(c2ccccc2)c2ccccc2)cc1N)c1ccc(C(=O)[C@@H](N)CCC(=O)NC(c2ccccc2)(c2ccccc2)c2ccccc2)cc1N. The molecule has 0 aromatic heterocycles. The van der Waals surface area contributed by atoms with Crippen LogP contribution in [0.3, 0.4) is 0 Å². The highest BCUT2D eigenvalue weighted by atomic mass is 16.2. The van der Waals surface area contributed by atoms with E-state index in [4.69, 9.17) is 34.4 Å². The van der Waals surface area contributed by atoms with Gasteiger partial charge in [-0.2, -0.15) is 0 Å². The molecular formula is C91H85N9O6. The predicted molar refractivity (Wildman–Crippen MR) is 420 cm³/mol. The molecule has 0 bridgehead atoms. The zero-order chi connectivity index (χ0) is 74.2. The molecule has 3 amide bonds. The summed E-state index contributed by atoms with van der Waals surface area (Å²) in [6.45, 7) is 0. The number of carbonyl (C=O) groups is 6. The summed E-state index contributed by atoms with van der Waals surface area (Å²) in [7, 11) is 0. The number of anilines is 3. The topological polar surface area (TPSA) is 295 Å². The molecule has 0 saturated heterocycles. The van der Waals surface area contributed by atoms with Crippen LogP contribution in [0.5, 0.6) is 0 Å². The van der Waals surface area contributed by atoms with Crippen molar-refractivity contribution < 1.29 is 28.8 Å². The number of rotatable bonds is 30. The third-order valence-corrected chi connectivity index (χ3v) is 19.9. The number of nitrogens with two attached hydrogens (primary N) is 6. The Balaban J connectivity index is 0.801. The van der Waals surface area contributed by atoms with Gasteiger partial charge in [-0.15, -0.1) is 0 Å². The number of hydrogen-bond acceptors (Lipinski definition) is 12. The van der Waals surface area contributed by atoms with Crippen molar-refractivity contribution in [3.8, 4) is 0 Å². The molecule has 0 spiro atoms. The van der Waals surface area contributed by atoms with Crippen LogP contribution in [-0.4, -0.2) is 53.2 Å². The summed E-state index contributed by atoms with van der Waals surface area (Å²) in [6.07, 6.45) is -0.292. The molecule has 0 radical (unpaired) electrons. The van der Waals surface area contributed by atoms with Gasteiger partial charge in [0.15, 0.2) is 17.3 Å². The number of carbonyl (C=O) groups excluding carboxylic acids is 6. The van der Waals surface area contributed by atoms with Crippen molar-refractivity contribution in [3.05, 3.63) is 411 Å². The van der Waals surface area contributed by atoms with Gasteiger partial charge >= 0.3 is 0 Å². The lowest BCUT2D eigenvalue weighted by Crippen LogP contribution is -2.48. The van der Waals surface area contributed by atoms with Crippen molar-refractivity contribution in [1.29, 1.82) is 0 Å². The Hall–Kier alpha value is -12.7. The van der Waals surface area contributed by atoms with Crippen molar-refractivity contribution in [3.63, 3.8) is 0 Å². The molecule has 0 saturated carbocycles. The molecule has 15 nitrogen and oxygen atoms in total. The average molecular weight is 1400 g/mol. The molecule has 106 heavy (non-hydrogen) atoms. The summed E-state index contributed by atoms with van der Waals surface area (Å²) in [5, 5.41) is 10.0. The summed E-state index contributed by atoms with van der Waals surface area (Å²) >= 11 is 0. The molecule has 12 rings (SSSR count). The van der Waals surface area contributed by atoms with Gasteiger partial charge in [-0.3, -0.25) is 28.8 Å². The number of nitrogens with one attached hydrogen (secondary N) is 3. The minimum Gasteiger partial charge on any atom is -0.398 e. The number of nitrogen functional groups attached to an aromatic ring is 3. The fourth-order valence-electron chi connectivity index (χ4n) is 14.5. The van der Waals surface area contributed by atoms with Gasteiger partial charge in [-0.25, -0.2) is 0 Å². The van der Waals surface area contributed by atoms with Gasteiger partial charge in [-0.1, -0.05) is 309 Å². The van der Waals surface area contributed by atoms with Crippen molar-refractivity contribution in [2.24, 2.45) is 17.2 Å². The van der Waals surface area contributed by atoms with Gasteiger partial charge in [-0.05, 0) is 104 Å². The van der Waals surface area contributed by atoms with Crippen LogP contribution in [-0.2, 0) is 31.0 Å². The van der Waals surface area contributed by atoms with E-state index in [0.717, 1.165) is 50.1 Å². The molecule has 12 aromatic rings. The second-order valence-corrected chi connectivity index (χ2v) is 26.7. The first kappa shape index (κ1) is 73.1. The molecule has 530 valence electrons. The zero-order valence-corrected chi connectivity index (χ0v) is 58.6. The highest BCUT2D eigenvalue weighted by molar-refractivity contribution is 6.03. The molecule has 0 aliphatic heterocycles. The van der Waals surface area contributed by atoms with Crippen molar-refractivity contribution >= 4 is 52.1 Å². The van der Waals surface area contributed by atoms with E-state index in [1.165, 1.54) is 18.2 Å². The Labute approximate surface area is 618 Å². The fourth-order valence-corrected chi connectivity index (χ4v) is 14.5. The van der Waals surface area contributed by atoms with E-state index in [9.17, 15) is 28.8 Å². The molecule has 0 unspecified atom stereocenters. The van der Waals surface area contributed by atoms with Crippen LogP contribution < -0.4 is 50.4 Å². The molecule has 0 aliphatic carbocycles. The smallest absolute Gasteiger partial charge is 0.221 e. The van der Waals surface area contributed by atoms with Gasteiger partial charge in [0, 0.05) is 58.9 Å². The molecule has 15 heteroatoms. The van der Waals surface area contributed by atoms with Gasteiger partial charge in [0.25, 0.3) is 0 Å². The Morgan fingerprint density at radius 1 is 0.255 bits per heavy atom. The molecule has 0 aliphatic rings. The third-order valence-electron chi connectivity index (χ3n) is 19.9. The van der Waals surface area contributed by atoms with Crippen LogP contribution in [0.1, 0.15) is 142 Å². The van der Waals surface area contributed by atoms with Crippen LogP contribution in [0.15, 0.2) is 328 Å². The van der Waals surface area contributed by atoms with Crippen LogP contribution in [0.4, 0.5) is 17.1 Å². The maximum absolute atomic E-state index is 14.5. The van der Waals surface area contributed by atoms with Gasteiger partial charge in [0.2, 0.25) is 17.7 Å². The lowest BCUT2D eigenvalue weighted by atomic mass is 9.77. The third kappa shape index (κ3) is 15.6. The number of Topliss-reactive ketones (excluding diaryl/α,β-unsaturated/α-hetero) is 3. The maximum Gasteiger partial charge on any atom is 0.221 e. The molecule has 3 atom stereocenters. The first-order chi connectivity index (χ1) is 51.5. The second kappa shape index (κ2) is 33.2. The van der Waals surface area contributed by atoms with Gasteiger partial charge in [0.1, 0.15) is 16.6 Å². The van der Waals surface area contributed by atoms with Crippen LogP contribution in [0.25, 0.3) is 0 Å². The highest BCUT2D eigenvalue weighted by Crippen LogP contribution is 2.44. The summed E-state index contributed by atoms with van der Waals surface area (Å²) < 4.78 is 0. The van der Waals surface area contributed by atoms with E-state index < -0.39 is 58.0 Å².